The molecule has 0 radical (unpaired) electrons. The van der Waals surface area contributed by atoms with E-state index in [4.69, 9.17) is 4.74 Å². The number of nitrogens with one attached hydrogen (secondary N) is 1. The Morgan fingerprint density at radius 3 is 2.75 bits per heavy atom. The molecule has 1 aromatic carbocycles. The quantitative estimate of drug-likeness (QED) is 0.272. The smallest absolute Gasteiger partial charge is 0.305 e. The summed E-state index contributed by atoms with van der Waals surface area (Å²) in [5.41, 5.74) is 1.22. The van der Waals surface area contributed by atoms with Crippen LogP contribution in [0.5, 0.6) is 0 Å². The number of guanidine groups is 1. The first-order valence-corrected chi connectivity index (χ1v) is 10.4. The van der Waals surface area contributed by atoms with Gasteiger partial charge in [-0.2, -0.15) is 0 Å². The zero-order chi connectivity index (χ0) is 20.0. The van der Waals surface area contributed by atoms with Gasteiger partial charge in [-0.1, -0.05) is 43.2 Å². The minimum absolute atomic E-state index is 0.116. The number of likely N-dealkylation sites (tertiary alicyclic amines) is 1. The Hall–Kier alpha value is -2.08. The number of benzene rings is 1. The molecule has 0 aliphatic carbocycles. The highest BCUT2D eigenvalue weighted by molar-refractivity contribution is 5.80. The molecule has 1 saturated heterocycles. The number of unbranched alkanes of at least 4 members (excludes halogenated alkanes) is 3. The fourth-order valence-corrected chi connectivity index (χ4v) is 3.46. The summed E-state index contributed by atoms with van der Waals surface area (Å²) in [6.07, 6.45) is 5.81. The maximum absolute atomic E-state index is 11.1. The molecule has 1 N–H and O–H groups in total. The van der Waals surface area contributed by atoms with Crippen LogP contribution in [0.3, 0.4) is 0 Å². The maximum Gasteiger partial charge on any atom is 0.305 e. The number of carbonyl (C=O) groups is 1. The monoisotopic (exact) mass is 389 g/mol. The predicted molar refractivity (Wildman–Crippen MR) is 112 cm³/mol. The molecule has 0 amide bonds. The van der Waals surface area contributed by atoms with Crippen LogP contribution in [0.4, 0.5) is 0 Å². The van der Waals surface area contributed by atoms with Crippen LogP contribution in [-0.4, -0.2) is 57.2 Å². The molecule has 1 aliphatic rings. The van der Waals surface area contributed by atoms with Crippen molar-refractivity contribution in [3.8, 4) is 0 Å². The van der Waals surface area contributed by atoms with Gasteiger partial charge in [0.15, 0.2) is 5.96 Å². The average Bonchev–Trinajstić information content (AvgIpc) is 3.19. The number of hydrogen-bond donors (Lipinski definition) is 1. The minimum Gasteiger partial charge on any atom is -0.469 e. The van der Waals surface area contributed by atoms with Crippen molar-refractivity contribution in [2.75, 3.05) is 40.4 Å². The summed E-state index contributed by atoms with van der Waals surface area (Å²) < 4.78 is 10.6. The van der Waals surface area contributed by atoms with E-state index < -0.39 is 0 Å². The Balaban J connectivity index is 1.56. The van der Waals surface area contributed by atoms with Gasteiger partial charge in [0, 0.05) is 39.0 Å². The lowest BCUT2D eigenvalue weighted by atomic mass is 10.1. The largest absolute Gasteiger partial charge is 0.469 e. The number of esters is 1. The lowest BCUT2D eigenvalue weighted by Gasteiger charge is -2.21. The van der Waals surface area contributed by atoms with E-state index in [-0.39, 0.29) is 5.97 Å². The van der Waals surface area contributed by atoms with Gasteiger partial charge in [0.2, 0.25) is 0 Å². The number of methoxy groups -OCH3 is 1. The average molecular weight is 390 g/mol. The van der Waals surface area contributed by atoms with Crippen LogP contribution in [0.25, 0.3) is 0 Å². The van der Waals surface area contributed by atoms with Crippen LogP contribution in [0.15, 0.2) is 35.3 Å². The van der Waals surface area contributed by atoms with E-state index in [1.54, 1.807) is 0 Å². The molecule has 1 aromatic rings. The van der Waals surface area contributed by atoms with E-state index in [1.807, 2.05) is 25.2 Å². The summed E-state index contributed by atoms with van der Waals surface area (Å²) in [4.78, 5) is 17.8. The molecular formula is C22H35N3O3. The number of nitrogens with zero attached hydrogens (tertiary/aromatic N) is 2. The molecule has 0 bridgehead atoms. The van der Waals surface area contributed by atoms with Crippen molar-refractivity contribution in [2.24, 2.45) is 10.9 Å². The van der Waals surface area contributed by atoms with Crippen molar-refractivity contribution < 1.29 is 14.3 Å². The Morgan fingerprint density at radius 1 is 1.21 bits per heavy atom. The van der Waals surface area contributed by atoms with Crippen molar-refractivity contribution in [1.29, 1.82) is 0 Å². The second-order valence-electron chi connectivity index (χ2n) is 7.32. The van der Waals surface area contributed by atoms with E-state index in [2.05, 4.69) is 32.1 Å². The molecule has 1 unspecified atom stereocenters. The summed E-state index contributed by atoms with van der Waals surface area (Å²) in [5.74, 6) is 1.43. The van der Waals surface area contributed by atoms with Gasteiger partial charge >= 0.3 is 5.97 Å². The molecule has 156 valence electrons. The van der Waals surface area contributed by atoms with Crippen LogP contribution >= 0.6 is 0 Å². The molecule has 1 aliphatic heterocycles. The summed E-state index contributed by atoms with van der Waals surface area (Å²) in [6, 6.07) is 10.3. The normalized spacial score (nSPS) is 17.0. The summed E-state index contributed by atoms with van der Waals surface area (Å²) in [5, 5.41) is 3.47. The molecule has 6 nitrogen and oxygen atoms in total. The molecule has 6 heteroatoms. The molecule has 0 saturated carbocycles. The van der Waals surface area contributed by atoms with Crippen molar-refractivity contribution in [2.45, 2.75) is 45.1 Å². The van der Waals surface area contributed by atoms with Gasteiger partial charge < -0.3 is 19.7 Å². The Kier molecular flexibility index (Phi) is 10.4. The van der Waals surface area contributed by atoms with Crippen LogP contribution in [0.1, 0.15) is 44.1 Å². The minimum atomic E-state index is -0.116. The topological polar surface area (TPSA) is 63.2 Å². The Labute approximate surface area is 169 Å². The van der Waals surface area contributed by atoms with Gasteiger partial charge in [-0.15, -0.1) is 0 Å². The van der Waals surface area contributed by atoms with Gasteiger partial charge in [-0.25, -0.2) is 0 Å². The second-order valence-corrected chi connectivity index (χ2v) is 7.32. The zero-order valence-electron chi connectivity index (χ0n) is 17.4. The summed E-state index contributed by atoms with van der Waals surface area (Å²) >= 11 is 0. The molecule has 1 atom stereocenters. The van der Waals surface area contributed by atoms with E-state index in [0.29, 0.717) is 18.9 Å². The predicted octanol–water partition coefficient (Wildman–Crippen LogP) is 3.22. The Morgan fingerprint density at radius 2 is 2.00 bits per heavy atom. The molecule has 1 heterocycles. The highest BCUT2D eigenvalue weighted by Gasteiger charge is 2.24. The number of carbonyl (C=O) groups excluding carboxylic acids is 1. The SMILES string of the molecule is CN=C(NCCCCCCC(=O)OC)N1CCC(COCc2ccccc2)C1. The Bertz CT molecular complexity index is 592. The van der Waals surface area contributed by atoms with Crippen LogP contribution in [-0.2, 0) is 20.9 Å². The molecule has 0 spiro atoms. The van der Waals surface area contributed by atoms with Gasteiger partial charge in [0.05, 0.1) is 20.3 Å². The van der Waals surface area contributed by atoms with Crippen LogP contribution in [0.2, 0.25) is 0 Å². The van der Waals surface area contributed by atoms with E-state index in [9.17, 15) is 4.79 Å². The highest BCUT2D eigenvalue weighted by Crippen LogP contribution is 2.17. The highest BCUT2D eigenvalue weighted by atomic mass is 16.5. The molecule has 1 fully saturated rings. The molecular weight excluding hydrogens is 354 g/mol. The lowest BCUT2D eigenvalue weighted by Crippen LogP contribution is -2.40. The first-order chi connectivity index (χ1) is 13.7. The number of ether oxygens (including phenoxy) is 2. The van der Waals surface area contributed by atoms with Gasteiger partial charge in [0.25, 0.3) is 0 Å². The summed E-state index contributed by atoms with van der Waals surface area (Å²) in [6.45, 7) is 4.41. The number of aliphatic imine (C=N–C) groups is 1. The zero-order valence-corrected chi connectivity index (χ0v) is 17.4. The van der Waals surface area contributed by atoms with E-state index in [1.165, 1.54) is 12.7 Å². The van der Waals surface area contributed by atoms with Crippen molar-refractivity contribution in [3.63, 3.8) is 0 Å². The van der Waals surface area contributed by atoms with Crippen LogP contribution in [0, 0.1) is 5.92 Å². The van der Waals surface area contributed by atoms with Gasteiger partial charge in [-0.05, 0) is 24.8 Å². The molecule has 0 aromatic heterocycles. The van der Waals surface area contributed by atoms with Gasteiger partial charge in [-0.3, -0.25) is 9.79 Å². The van der Waals surface area contributed by atoms with E-state index >= 15 is 0 Å². The maximum atomic E-state index is 11.1. The van der Waals surface area contributed by atoms with Gasteiger partial charge in [0.1, 0.15) is 0 Å². The third kappa shape index (κ3) is 8.30. The third-order valence-electron chi connectivity index (χ3n) is 5.08. The molecule has 28 heavy (non-hydrogen) atoms. The first kappa shape index (κ1) is 22.2. The third-order valence-corrected chi connectivity index (χ3v) is 5.08. The first-order valence-electron chi connectivity index (χ1n) is 10.4. The molecule has 2 rings (SSSR count). The number of rotatable bonds is 11. The van der Waals surface area contributed by atoms with Crippen molar-refractivity contribution in [3.05, 3.63) is 35.9 Å². The van der Waals surface area contributed by atoms with E-state index in [0.717, 1.165) is 64.3 Å². The van der Waals surface area contributed by atoms with Crippen molar-refractivity contribution in [1.82, 2.24) is 10.2 Å². The standard InChI is InChI=1S/C22H35N3O3/c1-23-22(24-14-9-4-3-8-12-21(26)27-2)25-15-13-20(16-25)18-28-17-19-10-6-5-7-11-19/h5-7,10-11,20H,3-4,8-9,12-18H2,1-2H3,(H,23,24). The van der Waals surface area contributed by atoms with Crippen molar-refractivity contribution >= 4 is 11.9 Å². The second kappa shape index (κ2) is 13.2. The lowest BCUT2D eigenvalue weighted by molar-refractivity contribution is -0.140. The fourth-order valence-electron chi connectivity index (χ4n) is 3.46. The van der Waals surface area contributed by atoms with Crippen LogP contribution < -0.4 is 5.32 Å². The number of hydrogen-bond acceptors (Lipinski definition) is 4. The fraction of sp³-hybridized carbons (Fsp3) is 0.636. The summed E-state index contributed by atoms with van der Waals surface area (Å²) in [7, 11) is 3.29.